The standard InChI is InChI=1S/C38H41ClO3/c1-3-35-26(2)36(40-24-27-11-6-4-7-12-27)38(41-25-28-13-8-5-9-14-28)37(42-35)32-19-20-34(39)33(23-32)22-29-17-18-30-15-10-16-31(30)21-29/h4-9,11-14,17-21,23,26,35-38H,3,10,15-16,22,24-25H2,1-2H3/t26-,35-,36+,37+,38-/m1/s1. The van der Waals surface area contributed by atoms with Crippen LogP contribution in [-0.2, 0) is 46.7 Å². The van der Waals surface area contributed by atoms with Crippen molar-refractivity contribution in [2.24, 2.45) is 5.92 Å². The molecule has 1 saturated heterocycles. The highest BCUT2D eigenvalue weighted by atomic mass is 35.5. The van der Waals surface area contributed by atoms with Crippen LogP contribution in [0.3, 0.4) is 0 Å². The first-order valence-electron chi connectivity index (χ1n) is 15.4. The Morgan fingerprint density at radius 3 is 2.10 bits per heavy atom. The first-order valence-corrected chi connectivity index (χ1v) is 15.8. The molecule has 3 nitrogen and oxygen atoms in total. The van der Waals surface area contributed by atoms with E-state index in [9.17, 15) is 0 Å². The maximum Gasteiger partial charge on any atom is 0.115 e. The van der Waals surface area contributed by atoms with Gasteiger partial charge in [-0.05, 0) is 77.1 Å². The van der Waals surface area contributed by atoms with Crippen molar-refractivity contribution >= 4 is 11.6 Å². The summed E-state index contributed by atoms with van der Waals surface area (Å²) >= 11 is 6.81. The zero-order valence-electron chi connectivity index (χ0n) is 24.7. The Morgan fingerprint density at radius 1 is 0.738 bits per heavy atom. The number of fused-ring (bicyclic) bond motifs is 1. The Kier molecular flexibility index (Phi) is 9.41. The van der Waals surface area contributed by atoms with Crippen LogP contribution in [0.2, 0.25) is 5.02 Å². The Morgan fingerprint density at radius 2 is 1.40 bits per heavy atom. The molecule has 2 aliphatic rings. The topological polar surface area (TPSA) is 27.7 Å². The van der Waals surface area contributed by atoms with Crippen molar-refractivity contribution in [3.8, 4) is 0 Å². The minimum atomic E-state index is -0.277. The maximum absolute atomic E-state index is 6.87. The summed E-state index contributed by atoms with van der Waals surface area (Å²) in [5.41, 5.74) is 8.79. The first kappa shape index (κ1) is 29.1. The van der Waals surface area contributed by atoms with Crippen LogP contribution >= 0.6 is 11.6 Å². The Labute approximate surface area is 255 Å². The van der Waals surface area contributed by atoms with Crippen LogP contribution in [0.5, 0.6) is 0 Å². The van der Waals surface area contributed by atoms with Crippen LogP contribution in [0.15, 0.2) is 97.1 Å². The van der Waals surface area contributed by atoms with E-state index in [4.69, 9.17) is 25.8 Å². The van der Waals surface area contributed by atoms with Gasteiger partial charge in [0, 0.05) is 10.9 Å². The van der Waals surface area contributed by atoms with Gasteiger partial charge in [-0.2, -0.15) is 0 Å². The largest absolute Gasteiger partial charge is 0.370 e. The van der Waals surface area contributed by atoms with Gasteiger partial charge in [0.05, 0.1) is 25.4 Å². The zero-order chi connectivity index (χ0) is 28.9. The van der Waals surface area contributed by atoms with Gasteiger partial charge in [-0.1, -0.05) is 116 Å². The average Bonchev–Trinajstić information content (AvgIpc) is 3.50. The van der Waals surface area contributed by atoms with Crippen molar-refractivity contribution in [3.63, 3.8) is 0 Å². The SMILES string of the molecule is CC[C@H]1O[C@@H](c2ccc(Cl)c(Cc3ccc4c(c3)CCC4)c2)[C@H](OCc2ccccc2)[C@@H](OCc2ccccc2)[C@@H]1C. The normalized spacial score (nSPS) is 23.5. The molecular weight excluding hydrogens is 540 g/mol. The predicted molar refractivity (Wildman–Crippen MR) is 170 cm³/mol. The Bertz CT molecular complexity index is 1450. The summed E-state index contributed by atoms with van der Waals surface area (Å²) in [6.45, 7) is 5.46. The van der Waals surface area contributed by atoms with E-state index in [2.05, 4.69) is 92.7 Å². The maximum atomic E-state index is 6.87. The lowest BCUT2D eigenvalue weighted by Crippen LogP contribution is -2.51. The van der Waals surface area contributed by atoms with E-state index in [1.54, 1.807) is 0 Å². The summed E-state index contributed by atoms with van der Waals surface area (Å²) in [5.74, 6) is 0.175. The molecule has 0 N–H and O–H groups in total. The zero-order valence-corrected chi connectivity index (χ0v) is 25.4. The molecule has 218 valence electrons. The summed E-state index contributed by atoms with van der Waals surface area (Å²) in [5, 5.41) is 0.786. The molecule has 1 aliphatic heterocycles. The van der Waals surface area contributed by atoms with E-state index in [1.807, 2.05) is 18.2 Å². The molecule has 0 saturated carbocycles. The molecule has 0 bridgehead atoms. The molecule has 4 aromatic carbocycles. The van der Waals surface area contributed by atoms with Crippen LogP contribution < -0.4 is 0 Å². The van der Waals surface area contributed by atoms with Crippen molar-refractivity contribution in [3.05, 3.63) is 141 Å². The number of halogens is 1. The van der Waals surface area contributed by atoms with Gasteiger partial charge in [0.2, 0.25) is 0 Å². The predicted octanol–water partition coefficient (Wildman–Crippen LogP) is 9.08. The molecule has 0 spiro atoms. The van der Waals surface area contributed by atoms with Gasteiger partial charge >= 0.3 is 0 Å². The number of rotatable bonds is 10. The number of hydrogen-bond acceptors (Lipinski definition) is 3. The number of aryl methyl sites for hydroxylation is 2. The number of hydrogen-bond donors (Lipinski definition) is 0. The Balaban J connectivity index is 1.31. The fraction of sp³-hybridized carbons (Fsp3) is 0.368. The highest BCUT2D eigenvalue weighted by Gasteiger charge is 2.45. The van der Waals surface area contributed by atoms with Gasteiger partial charge in [-0.25, -0.2) is 0 Å². The minimum Gasteiger partial charge on any atom is -0.370 e. The molecule has 42 heavy (non-hydrogen) atoms. The molecule has 0 aromatic heterocycles. The van der Waals surface area contributed by atoms with Crippen LogP contribution in [0.4, 0.5) is 0 Å². The molecule has 5 atom stereocenters. The van der Waals surface area contributed by atoms with Crippen LogP contribution in [0.1, 0.15) is 71.7 Å². The third kappa shape index (κ3) is 6.66. The van der Waals surface area contributed by atoms with E-state index < -0.39 is 0 Å². The van der Waals surface area contributed by atoms with Gasteiger partial charge in [-0.15, -0.1) is 0 Å². The Hall–Kier alpha value is -2.95. The van der Waals surface area contributed by atoms with Crippen LogP contribution in [0.25, 0.3) is 0 Å². The molecule has 1 fully saturated rings. The van der Waals surface area contributed by atoms with Crippen molar-refractivity contribution in [1.82, 2.24) is 0 Å². The molecule has 4 heteroatoms. The lowest BCUT2D eigenvalue weighted by Gasteiger charge is -2.46. The first-order chi connectivity index (χ1) is 20.6. The van der Waals surface area contributed by atoms with E-state index in [0.29, 0.717) is 13.2 Å². The third-order valence-electron chi connectivity index (χ3n) is 8.98. The van der Waals surface area contributed by atoms with Crippen molar-refractivity contribution in [2.45, 2.75) is 83.6 Å². The molecule has 4 aromatic rings. The highest BCUT2D eigenvalue weighted by molar-refractivity contribution is 6.31. The third-order valence-corrected chi connectivity index (χ3v) is 9.35. The van der Waals surface area contributed by atoms with Crippen LogP contribution in [-0.4, -0.2) is 18.3 Å². The lowest BCUT2D eigenvalue weighted by atomic mass is 9.84. The van der Waals surface area contributed by atoms with Crippen molar-refractivity contribution < 1.29 is 14.2 Å². The average molecular weight is 581 g/mol. The number of benzene rings is 4. The molecule has 0 radical (unpaired) electrons. The molecule has 6 rings (SSSR count). The van der Waals surface area contributed by atoms with Gasteiger partial charge in [0.1, 0.15) is 12.2 Å². The second kappa shape index (κ2) is 13.6. The fourth-order valence-corrected chi connectivity index (χ4v) is 6.82. The minimum absolute atomic E-state index is 0.0585. The summed E-state index contributed by atoms with van der Waals surface area (Å²) in [6.07, 6.45) is 4.70. The molecule has 0 amide bonds. The molecular formula is C38H41ClO3. The van der Waals surface area contributed by atoms with E-state index in [-0.39, 0.29) is 30.3 Å². The van der Waals surface area contributed by atoms with E-state index in [1.165, 1.54) is 36.0 Å². The molecule has 1 aliphatic carbocycles. The summed E-state index contributed by atoms with van der Waals surface area (Å²) < 4.78 is 20.4. The van der Waals surface area contributed by atoms with Crippen molar-refractivity contribution in [1.29, 1.82) is 0 Å². The molecule has 0 unspecified atom stereocenters. The number of ether oxygens (including phenoxy) is 3. The van der Waals surface area contributed by atoms with E-state index in [0.717, 1.165) is 40.1 Å². The monoisotopic (exact) mass is 580 g/mol. The van der Waals surface area contributed by atoms with Crippen LogP contribution in [0, 0.1) is 5.92 Å². The summed E-state index contributed by atoms with van der Waals surface area (Å²) in [4.78, 5) is 0. The van der Waals surface area contributed by atoms with E-state index >= 15 is 0 Å². The van der Waals surface area contributed by atoms with Crippen molar-refractivity contribution in [2.75, 3.05) is 0 Å². The smallest absolute Gasteiger partial charge is 0.115 e. The van der Waals surface area contributed by atoms with Gasteiger partial charge in [-0.3, -0.25) is 0 Å². The molecule has 1 heterocycles. The summed E-state index contributed by atoms with van der Waals surface area (Å²) in [7, 11) is 0. The second-order valence-corrected chi connectivity index (χ2v) is 12.3. The fourth-order valence-electron chi connectivity index (χ4n) is 6.63. The van der Waals surface area contributed by atoms with Gasteiger partial charge < -0.3 is 14.2 Å². The lowest BCUT2D eigenvalue weighted by molar-refractivity contribution is -0.234. The van der Waals surface area contributed by atoms with Gasteiger partial charge in [0.15, 0.2) is 0 Å². The quantitative estimate of drug-likeness (QED) is 0.187. The second-order valence-electron chi connectivity index (χ2n) is 11.9. The summed E-state index contributed by atoms with van der Waals surface area (Å²) in [6, 6.07) is 34.0. The van der Waals surface area contributed by atoms with Gasteiger partial charge in [0.25, 0.3) is 0 Å². The highest BCUT2D eigenvalue weighted by Crippen LogP contribution is 2.41.